The first kappa shape index (κ1) is 30.9. The van der Waals surface area contributed by atoms with Crippen molar-refractivity contribution in [2.24, 2.45) is 0 Å². The molecule has 44 heavy (non-hydrogen) atoms. The zero-order valence-electron chi connectivity index (χ0n) is 24.3. The normalized spacial score (nSPS) is 11.1. The molecule has 5 rings (SSSR count). The van der Waals surface area contributed by atoms with Crippen LogP contribution in [0.5, 0.6) is 5.75 Å². The van der Waals surface area contributed by atoms with E-state index in [4.69, 9.17) is 16.3 Å². The van der Waals surface area contributed by atoms with Crippen molar-refractivity contribution in [3.8, 4) is 5.75 Å². The van der Waals surface area contributed by atoms with Gasteiger partial charge in [0.15, 0.2) is 6.61 Å². The van der Waals surface area contributed by atoms with Crippen LogP contribution in [0.3, 0.4) is 0 Å². The van der Waals surface area contributed by atoms with Gasteiger partial charge in [-0.1, -0.05) is 102 Å². The Bertz CT molecular complexity index is 1720. The highest BCUT2D eigenvalue weighted by Crippen LogP contribution is 2.28. The number of halogens is 1. The number of hydrogen-bond donors (Lipinski definition) is 0. The highest BCUT2D eigenvalue weighted by molar-refractivity contribution is 7.92. The van der Waals surface area contributed by atoms with Crippen molar-refractivity contribution in [3.63, 3.8) is 0 Å². The Morgan fingerprint density at radius 2 is 1.18 bits per heavy atom. The van der Waals surface area contributed by atoms with Crippen LogP contribution >= 0.6 is 11.6 Å². The molecule has 0 aliphatic heterocycles. The first-order valence-corrected chi connectivity index (χ1v) is 16.0. The van der Waals surface area contributed by atoms with E-state index in [1.54, 1.807) is 77.7 Å². The molecule has 5 aromatic rings. The smallest absolute Gasteiger partial charge is 0.264 e. The zero-order chi connectivity index (χ0) is 30.9. The summed E-state index contributed by atoms with van der Waals surface area (Å²) in [4.78, 5) is 15.3. The van der Waals surface area contributed by atoms with Gasteiger partial charge in [0.05, 0.1) is 17.1 Å². The van der Waals surface area contributed by atoms with Gasteiger partial charge in [-0.25, -0.2) is 8.42 Å². The van der Waals surface area contributed by atoms with Crippen LogP contribution in [0.25, 0.3) is 0 Å². The lowest BCUT2D eigenvalue weighted by molar-refractivity contribution is -0.134. The van der Waals surface area contributed by atoms with Crippen molar-refractivity contribution < 1.29 is 17.9 Å². The number of sulfonamides is 1. The van der Waals surface area contributed by atoms with Crippen LogP contribution in [0, 0.1) is 6.92 Å². The van der Waals surface area contributed by atoms with Crippen molar-refractivity contribution in [2.45, 2.75) is 31.5 Å². The van der Waals surface area contributed by atoms with Gasteiger partial charge in [0.2, 0.25) is 0 Å². The lowest BCUT2D eigenvalue weighted by Gasteiger charge is -2.25. The van der Waals surface area contributed by atoms with Gasteiger partial charge in [-0.2, -0.15) is 0 Å². The zero-order valence-corrected chi connectivity index (χ0v) is 25.9. The maximum absolute atomic E-state index is 13.8. The van der Waals surface area contributed by atoms with Crippen LogP contribution in [0.4, 0.5) is 5.69 Å². The summed E-state index contributed by atoms with van der Waals surface area (Å²) in [5.74, 6) is 0.300. The molecule has 0 aliphatic carbocycles. The molecule has 0 heterocycles. The predicted molar refractivity (Wildman–Crippen MR) is 175 cm³/mol. The molecule has 1 amide bonds. The Labute approximate surface area is 264 Å². The standard InChI is InChI=1S/C36H33ClN2O4S/c1-28-12-22-35(23-13-28)44(41,42)39(26-31-14-16-32(37)17-15-31)33-18-20-34(21-19-33)43-27-36(40)38(24-29-8-4-2-5-9-29)25-30-10-6-3-7-11-30/h2-23H,24-27H2,1H3. The van der Waals surface area contributed by atoms with E-state index in [0.717, 1.165) is 22.3 Å². The topological polar surface area (TPSA) is 66.9 Å². The number of rotatable bonds is 12. The Morgan fingerprint density at radius 1 is 0.659 bits per heavy atom. The lowest BCUT2D eigenvalue weighted by Crippen LogP contribution is -2.34. The van der Waals surface area contributed by atoms with E-state index in [1.165, 1.54) is 4.31 Å². The third-order valence-corrected chi connectivity index (χ3v) is 9.16. The van der Waals surface area contributed by atoms with Crippen molar-refractivity contribution in [2.75, 3.05) is 10.9 Å². The highest BCUT2D eigenvalue weighted by atomic mass is 35.5. The molecule has 0 fully saturated rings. The van der Waals surface area contributed by atoms with Gasteiger partial charge in [-0.15, -0.1) is 0 Å². The third kappa shape index (κ3) is 8.07. The Morgan fingerprint density at radius 3 is 1.73 bits per heavy atom. The van der Waals surface area contributed by atoms with Gasteiger partial charge in [-0.3, -0.25) is 9.10 Å². The van der Waals surface area contributed by atoms with Crippen molar-refractivity contribution in [3.05, 3.63) is 161 Å². The minimum absolute atomic E-state index is 0.111. The second kappa shape index (κ2) is 14.3. The summed E-state index contributed by atoms with van der Waals surface area (Å²) in [5, 5.41) is 0.573. The first-order chi connectivity index (χ1) is 21.3. The van der Waals surface area contributed by atoms with E-state index in [1.807, 2.05) is 67.6 Å². The second-order valence-electron chi connectivity index (χ2n) is 10.5. The molecule has 0 radical (unpaired) electrons. The maximum atomic E-state index is 13.8. The molecule has 0 saturated carbocycles. The molecule has 0 bridgehead atoms. The molecule has 224 valence electrons. The van der Waals surface area contributed by atoms with Gasteiger partial charge in [0, 0.05) is 18.1 Å². The van der Waals surface area contributed by atoms with E-state index in [0.29, 0.717) is 29.5 Å². The molecule has 0 N–H and O–H groups in total. The Balaban J connectivity index is 1.33. The summed E-state index contributed by atoms with van der Waals surface area (Å²) in [6, 6.07) is 40.3. The minimum Gasteiger partial charge on any atom is -0.484 e. The molecule has 0 unspecified atom stereocenters. The highest BCUT2D eigenvalue weighted by Gasteiger charge is 2.25. The number of carbonyl (C=O) groups excluding carboxylic acids is 1. The van der Waals surface area contributed by atoms with Crippen molar-refractivity contribution in [1.82, 2.24) is 4.90 Å². The lowest BCUT2D eigenvalue weighted by atomic mass is 10.1. The first-order valence-electron chi connectivity index (χ1n) is 14.2. The van der Waals surface area contributed by atoms with Gasteiger partial charge >= 0.3 is 0 Å². The number of benzene rings is 5. The van der Waals surface area contributed by atoms with Gasteiger partial charge in [0.1, 0.15) is 5.75 Å². The molecule has 0 aliphatic rings. The average Bonchev–Trinajstić information content (AvgIpc) is 3.04. The van der Waals surface area contributed by atoms with Crippen LogP contribution in [0.2, 0.25) is 5.02 Å². The number of amides is 1. The van der Waals surface area contributed by atoms with E-state index >= 15 is 0 Å². The quantitative estimate of drug-likeness (QED) is 0.143. The van der Waals surface area contributed by atoms with E-state index in [2.05, 4.69) is 0 Å². The number of hydrogen-bond acceptors (Lipinski definition) is 4. The summed E-state index contributed by atoms with van der Waals surface area (Å²) < 4.78 is 34.9. The van der Waals surface area contributed by atoms with Crippen LogP contribution in [0.15, 0.2) is 138 Å². The molecular formula is C36H33ClN2O4S. The summed E-state index contributed by atoms with van der Waals surface area (Å²) in [5.41, 5.74) is 4.27. The molecule has 0 aromatic heterocycles. The fourth-order valence-electron chi connectivity index (χ4n) is 4.69. The minimum atomic E-state index is -3.89. The van der Waals surface area contributed by atoms with Crippen LogP contribution < -0.4 is 9.04 Å². The molecule has 0 saturated heterocycles. The predicted octanol–water partition coefficient (Wildman–Crippen LogP) is 7.65. The van der Waals surface area contributed by atoms with Crippen LogP contribution in [-0.4, -0.2) is 25.8 Å². The monoisotopic (exact) mass is 624 g/mol. The SMILES string of the molecule is Cc1ccc(S(=O)(=O)N(Cc2ccc(Cl)cc2)c2ccc(OCC(=O)N(Cc3ccccc3)Cc3ccccc3)cc2)cc1. The largest absolute Gasteiger partial charge is 0.484 e. The Hall–Kier alpha value is -4.59. The summed E-state index contributed by atoms with van der Waals surface area (Å²) in [7, 11) is -3.89. The summed E-state index contributed by atoms with van der Waals surface area (Å²) in [6.45, 7) is 2.77. The van der Waals surface area contributed by atoms with E-state index in [-0.39, 0.29) is 24.0 Å². The number of ether oxygens (including phenoxy) is 1. The molecule has 0 spiro atoms. The fraction of sp³-hybridized carbons (Fsp3) is 0.139. The van der Waals surface area contributed by atoms with Crippen molar-refractivity contribution in [1.29, 1.82) is 0 Å². The number of anilines is 1. The molecule has 5 aromatic carbocycles. The van der Waals surface area contributed by atoms with E-state index in [9.17, 15) is 13.2 Å². The molecule has 8 heteroatoms. The average molecular weight is 625 g/mol. The number of nitrogens with zero attached hydrogens (tertiary/aromatic N) is 2. The van der Waals surface area contributed by atoms with Crippen LogP contribution in [0.1, 0.15) is 22.3 Å². The maximum Gasteiger partial charge on any atom is 0.264 e. The van der Waals surface area contributed by atoms with Gasteiger partial charge in [-0.05, 0) is 72.1 Å². The third-order valence-electron chi connectivity index (χ3n) is 7.12. The second-order valence-corrected chi connectivity index (χ2v) is 12.8. The molecule has 6 nitrogen and oxygen atoms in total. The Kier molecular flexibility index (Phi) is 10.00. The number of carbonyl (C=O) groups is 1. The summed E-state index contributed by atoms with van der Waals surface area (Å²) >= 11 is 6.06. The summed E-state index contributed by atoms with van der Waals surface area (Å²) in [6.07, 6.45) is 0. The van der Waals surface area contributed by atoms with Gasteiger partial charge in [0.25, 0.3) is 15.9 Å². The fourth-order valence-corrected chi connectivity index (χ4v) is 6.27. The number of aryl methyl sites for hydroxylation is 1. The van der Waals surface area contributed by atoms with Gasteiger partial charge < -0.3 is 9.64 Å². The molecule has 0 atom stereocenters. The van der Waals surface area contributed by atoms with Crippen LogP contribution in [-0.2, 0) is 34.5 Å². The van der Waals surface area contributed by atoms with E-state index < -0.39 is 10.0 Å². The molecular weight excluding hydrogens is 592 g/mol. The van der Waals surface area contributed by atoms with Crippen molar-refractivity contribution >= 4 is 33.2 Å².